The Labute approximate surface area is 125 Å². The summed E-state index contributed by atoms with van der Waals surface area (Å²) in [5.41, 5.74) is 2.88. The Morgan fingerprint density at radius 2 is 2.16 bits per heavy atom. The van der Waals surface area contributed by atoms with Gasteiger partial charge in [-0.3, -0.25) is 0 Å². The Balaban J connectivity index is 1.75. The number of benzene rings is 1. The molecule has 1 nitrogen and oxygen atoms in total. The second-order valence-corrected chi connectivity index (χ2v) is 7.43. The van der Waals surface area contributed by atoms with Crippen molar-refractivity contribution in [1.82, 2.24) is 5.32 Å². The zero-order valence-corrected chi connectivity index (χ0v) is 13.5. The first-order valence-corrected chi connectivity index (χ1v) is 8.40. The standard InChI is InChI=1S/C17H24BrN/c1-11-3-6-15(18)10-16(11)17(19-2)9-14-8-12-4-5-13(14)7-12/h3,6,10,12-14,17,19H,4-5,7-9H2,1-2H3. The van der Waals surface area contributed by atoms with Crippen LogP contribution >= 0.6 is 15.9 Å². The van der Waals surface area contributed by atoms with Crippen LogP contribution in [0.25, 0.3) is 0 Å². The van der Waals surface area contributed by atoms with E-state index in [1.807, 2.05) is 0 Å². The van der Waals surface area contributed by atoms with Crippen molar-refractivity contribution >= 4 is 15.9 Å². The molecule has 1 N–H and O–H groups in total. The topological polar surface area (TPSA) is 12.0 Å². The normalized spacial score (nSPS) is 30.8. The molecule has 2 aliphatic rings. The summed E-state index contributed by atoms with van der Waals surface area (Å²) in [7, 11) is 2.11. The predicted molar refractivity (Wildman–Crippen MR) is 84.2 cm³/mol. The molecule has 0 saturated heterocycles. The van der Waals surface area contributed by atoms with E-state index < -0.39 is 0 Å². The van der Waals surface area contributed by atoms with Crippen molar-refractivity contribution in [2.24, 2.45) is 17.8 Å². The van der Waals surface area contributed by atoms with Crippen molar-refractivity contribution in [3.05, 3.63) is 33.8 Å². The van der Waals surface area contributed by atoms with Crippen LogP contribution < -0.4 is 5.32 Å². The molecule has 4 atom stereocenters. The molecule has 1 aromatic rings. The lowest BCUT2D eigenvalue weighted by Gasteiger charge is -2.27. The highest BCUT2D eigenvalue weighted by atomic mass is 79.9. The summed E-state index contributed by atoms with van der Waals surface area (Å²) in [5, 5.41) is 3.55. The van der Waals surface area contributed by atoms with Gasteiger partial charge in [-0.2, -0.15) is 0 Å². The summed E-state index contributed by atoms with van der Waals surface area (Å²) in [4.78, 5) is 0. The van der Waals surface area contributed by atoms with Crippen molar-refractivity contribution in [2.45, 2.75) is 45.1 Å². The molecule has 0 amide bonds. The molecule has 0 radical (unpaired) electrons. The zero-order chi connectivity index (χ0) is 13.4. The molecule has 0 aliphatic heterocycles. The van der Waals surface area contributed by atoms with E-state index in [9.17, 15) is 0 Å². The molecular weight excluding hydrogens is 298 g/mol. The van der Waals surface area contributed by atoms with Crippen LogP contribution in [-0.2, 0) is 0 Å². The highest BCUT2D eigenvalue weighted by Crippen LogP contribution is 2.51. The second-order valence-electron chi connectivity index (χ2n) is 6.51. The third-order valence-corrected chi connectivity index (χ3v) is 5.88. The van der Waals surface area contributed by atoms with Crippen molar-refractivity contribution in [1.29, 1.82) is 0 Å². The van der Waals surface area contributed by atoms with Gasteiger partial charge in [0.25, 0.3) is 0 Å². The Hall–Kier alpha value is -0.340. The van der Waals surface area contributed by atoms with Gasteiger partial charge in [0.05, 0.1) is 0 Å². The maximum Gasteiger partial charge on any atom is 0.0323 e. The fourth-order valence-electron chi connectivity index (χ4n) is 4.35. The molecule has 3 rings (SSSR count). The van der Waals surface area contributed by atoms with Gasteiger partial charge in [0.1, 0.15) is 0 Å². The fourth-order valence-corrected chi connectivity index (χ4v) is 4.73. The van der Waals surface area contributed by atoms with Crippen LogP contribution in [0.3, 0.4) is 0 Å². The lowest BCUT2D eigenvalue weighted by Crippen LogP contribution is -2.23. The van der Waals surface area contributed by atoms with Crippen LogP contribution in [0.5, 0.6) is 0 Å². The van der Waals surface area contributed by atoms with E-state index in [1.165, 1.54) is 47.7 Å². The quantitative estimate of drug-likeness (QED) is 0.836. The molecule has 2 aliphatic carbocycles. The number of hydrogen-bond donors (Lipinski definition) is 1. The summed E-state index contributed by atoms with van der Waals surface area (Å²) in [5.74, 6) is 3.03. The third kappa shape index (κ3) is 2.75. The fraction of sp³-hybridized carbons (Fsp3) is 0.647. The number of hydrogen-bond acceptors (Lipinski definition) is 1. The Morgan fingerprint density at radius 3 is 2.79 bits per heavy atom. The second kappa shape index (κ2) is 5.57. The summed E-state index contributed by atoms with van der Waals surface area (Å²) in [6, 6.07) is 7.18. The minimum absolute atomic E-state index is 0.516. The van der Waals surface area contributed by atoms with E-state index in [4.69, 9.17) is 0 Å². The largest absolute Gasteiger partial charge is 0.313 e. The van der Waals surface area contributed by atoms with Crippen molar-refractivity contribution in [3.63, 3.8) is 0 Å². The number of rotatable bonds is 4. The minimum atomic E-state index is 0.516. The maximum absolute atomic E-state index is 3.61. The Kier molecular flexibility index (Phi) is 4.00. The van der Waals surface area contributed by atoms with Crippen LogP contribution in [0, 0.1) is 24.7 Å². The summed E-state index contributed by atoms with van der Waals surface area (Å²) in [6.45, 7) is 2.23. The van der Waals surface area contributed by atoms with E-state index in [0.717, 1.165) is 17.8 Å². The van der Waals surface area contributed by atoms with Gasteiger partial charge in [-0.25, -0.2) is 0 Å². The first-order valence-electron chi connectivity index (χ1n) is 7.60. The van der Waals surface area contributed by atoms with E-state index in [-0.39, 0.29) is 0 Å². The van der Waals surface area contributed by atoms with E-state index >= 15 is 0 Å². The molecule has 0 spiro atoms. The minimum Gasteiger partial charge on any atom is -0.313 e. The predicted octanol–water partition coefficient (Wildman–Crippen LogP) is 4.84. The molecular formula is C17H24BrN. The van der Waals surface area contributed by atoms with Crippen LogP contribution in [0.4, 0.5) is 0 Å². The molecule has 2 saturated carbocycles. The smallest absolute Gasteiger partial charge is 0.0323 e. The number of halogens is 1. The summed E-state index contributed by atoms with van der Waals surface area (Å²) >= 11 is 3.61. The van der Waals surface area contributed by atoms with Gasteiger partial charge in [0.2, 0.25) is 0 Å². The molecule has 2 heteroatoms. The first kappa shape index (κ1) is 13.6. The van der Waals surface area contributed by atoms with E-state index in [2.05, 4.69) is 53.4 Å². The first-order chi connectivity index (χ1) is 9.17. The molecule has 2 bridgehead atoms. The summed E-state index contributed by atoms with van der Waals surface area (Å²) in [6.07, 6.45) is 7.30. The van der Waals surface area contributed by atoms with E-state index in [0.29, 0.717) is 6.04 Å². The molecule has 1 aromatic carbocycles. The van der Waals surface area contributed by atoms with Gasteiger partial charge < -0.3 is 5.32 Å². The van der Waals surface area contributed by atoms with Crippen LogP contribution in [0.1, 0.15) is 49.3 Å². The monoisotopic (exact) mass is 321 g/mol. The highest BCUT2D eigenvalue weighted by Gasteiger charge is 2.40. The zero-order valence-electron chi connectivity index (χ0n) is 12.0. The van der Waals surface area contributed by atoms with Crippen molar-refractivity contribution < 1.29 is 0 Å². The van der Waals surface area contributed by atoms with E-state index in [1.54, 1.807) is 0 Å². The van der Waals surface area contributed by atoms with Gasteiger partial charge in [-0.1, -0.05) is 28.4 Å². The van der Waals surface area contributed by atoms with Gasteiger partial charge in [0.15, 0.2) is 0 Å². The van der Waals surface area contributed by atoms with Crippen molar-refractivity contribution in [3.8, 4) is 0 Å². The third-order valence-electron chi connectivity index (χ3n) is 5.39. The molecule has 0 aromatic heterocycles. The van der Waals surface area contributed by atoms with Gasteiger partial charge in [-0.05, 0) is 80.7 Å². The van der Waals surface area contributed by atoms with Gasteiger partial charge in [0, 0.05) is 10.5 Å². The molecule has 104 valence electrons. The average molecular weight is 322 g/mol. The van der Waals surface area contributed by atoms with Crippen LogP contribution in [0.15, 0.2) is 22.7 Å². The van der Waals surface area contributed by atoms with Crippen LogP contribution in [0.2, 0.25) is 0 Å². The molecule has 0 heterocycles. The Bertz CT molecular complexity index is 457. The number of nitrogens with one attached hydrogen (secondary N) is 1. The lowest BCUT2D eigenvalue weighted by molar-refractivity contribution is 0.284. The average Bonchev–Trinajstić information content (AvgIpc) is 3.01. The lowest BCUT2D eigenvalue weighted by atomic mass is 9.82. The summed E-state index contributed by atoms with van der Waals surface area (Å²) < 4.78 is 1.20. The molecule has 4 unspecified atom stereocenters. The van der Waals surface area contributed by atoms with Crippen molar-refractivity contribution in [2.75, 3.05) is 7.05 Å². The maximum atomic E-state index is 3.61. The number of fused-ring (bicyclic) bond motifs is 2. The van der Waals surface area contributed by atoms with Gasteiger partial charge in [-0.15, -0.1) is 0 Å². The Morgan fingerprint density at radius 1 is 1.32 bits per heavy atom. The van der Waals surface area contributed by atoms with Gasteiger partial charge >= 0.3 is 0 Å². The molecule has 2 fully saturated rings. The number of aryl methyl sites for hydroxylation is 1. The highest BCUT2D eigenvalue weighted by molar-refractivity contribution is 9.10. The molecule has 19 heavy (non-hydrogen) atoms. The SMILES string of the molecule is CNC(CC1CC2CCC1C2)c1cc(Br)ccc1C. The van der Waals surface area contributed by atoms with Crippen LogP contribution in [-0.4, -0.2) is 7.05 Å².